The van der Waals surface area contributed by atoms with Crippen molar-refractivity contribution in [2.75, 3.05) is 26.7 Å². The van der Waals surface area contributed by atoms with Gasteiger partial charge >= 0.3 is 0 Å². The highest BCUT2D eigenvalue weighted by Gasteiger charge is 2.22. The first-order chi connectivity index (χ1) is 7.58. The van der Waals surface area contributed by atoms with Crippen molar-refractivity contribution in [3.63, 3.8) is 0 Å². The molecule has 1 aromatic rings. The Morgan fingerprint density at radius 1 is 1.44 bits per heavy atom. The van der Waals surface area contributed by atoms with E-state index in [9.17, 15) is 0 Å². The molecule has 0 radical (unpaired) electrons. The number of hydrogen-bond acceptors (Lipinski definition) is 3. The van der Waals surface area contributed by atoms with Crippen LogP contribution in [0.5, 0.6) is 0 Å². The molecule has 5 heteroatoms. The number of aromatic nitrogens is 2. The second-order valence-corrected chi connectivity index (χ2v) is 5.03. The Morgan fingerprint density at radius 2 is 2.19 bits per heavy atom. The normalized spacial score (nSPS) is 23.9. The van der Waals surface area contributed by atoms with Crippen LogP contribution in [0.25, 0.3) is 0 Å². The van der Waals surface area contributed by atoms with E-state index in [-0.39, 0.29) is 0 Å². The molecule has 1 aliphatic heterocycles. The van der Waals surface area contributed by atoms with Gasteiger partial charge in [0.25, 0.3) is 0 Å². The lowest BCUT2D eigenvalue weighted by Crippen LogP contribution is -2.50. The summed E-state index contributed by atoms with van der Waals surface area (Å²) < 4.78 is 1.95. The average molecular weight is 243 g/mol. The first-order valence-corrected chi connectivity index (χ1v) is 6.04. The topological polar surface area (TPSA) is 24.3 Å². The number of rotatable bonds is 2. The molecule has 1 atom stereocenters. The second kappa shape index (κ2) is 4.73. The molecular formula is C11H19ClN4. The molecule has 0 unspecified atom stereocenters. The van der Waals surface area contributed by atoms with Crippen molar-refractivity contribution in [3.8, 4) is 0 Å². The predicted octanol–water partition coefficient (Wildman–Crippen LogP) is 1.21. The van der Waals surface area contributed by atoms with Crippen LogP contribution in [0.1, 0.15) is 12.7 Å². The van der Waals surface area contributed by atoms with E-state index in [0.717, 1.165) is 32.0 Å². The summed E-state index contributed by atoms with van der Waals surface area (Å²) in [6.45, 7) is 6.50. The maximum Gasteiger partial charge on any atom is 0.128 e. The first-order valence-electron chi connectivity index (χ1n) is 5.66. The van der Waals surface area contributed by atoms with Gasteiger partial charge in [-0.3, -0.25) is 4.90 Å². The van der Waals surface area contributed by atoms with Gasteiger partial charge in [-0.15, -0.1) is 0 Å². The lowest BCUT2D eigenvalue weighted by atomic mass is 10.2. The fraction of sp³-hybridized carbons (Fsp3) is 0.727. The second-order valence-electron chi connectivity index (χ2n) is 4.64. The summed E-state index contributed by atoms with van der Waals surface area (Å²) in [6.07, 6.45) is 1.72. The lowest BCUT2D eigenvalue weighted by Gasteiger charge is -2.37. The minimum atomic E-state index is 0.578. The molecule has 1 aromatic heterocycles. The molecule has 0 aliphatic carbocycles. The Hall–Kier alpha value is -0.580. The minimum Gasteiger partial charge on any atom is -0.321 e. The molecule has 1 aliphatic rings. The van der Waals surface area contributed by atoms with Crippen molar-refractivity contribution >= 4 is 11.6 Å². The van der Waals surface area contributed by atoms with Crippen LogP contribution in [0.15, 0.2) is 6.20 Å². The first kappa shape index (κ1) is 11.9. The SMILES string of the molecule is C[C@@H]1CN(C)CCN1Cc1ncc(Cl)n1C. The molecule has 1 fully saturated rings. The van der Waals surface area contributed by atoms with Gasteiger partial charge < -0.3 is 9.47 Å². The smallest absolute Gasteiger partial charge is 0.128 e. The minimum absolute atomic E-state index is 0.578. The van der Waals surface area contributed by atoms with Crippen LogP contribution in [-0.4, -0.2) is 52.1 Å². The largest absolute Gasteiger partial charge is 0.321 e. The number of nitrogens with zero attached hydrogens (tertiary/aromatic N) is 4. The van der Waals surface area contributed by atoms with Crippen molar-refractivity contribution in [3.05, 3.63) is 17.2 Å². The highest BCUT2D eigenvalue weighted by molar-refractivity contribution is 6.29. The van der Waals surface area contributed by atoms with E-state index in [1.807, 2.05) is 11.6 Å². The zero-order valence-electron chi connectivity index (χ0n) is 10.1. The van der Waals surface area contributed by atoms with Crippen LogP contribution in [0.3, 0.4) is 0 Å². The fourth-order valence-corrected chi connectivity index (χ4v) is 2.31. The molecule has 4 nitrogen and oxygen atoms in total. The molecule has 0 bridgehead atoms. The van der Waals surface area contributed by atoms with Gasteiger partial charge in [0, 0.05) is 32.7 Å². The average Bonchev–Trinajstić information content (AvgIpc) is 2.54. The molecule has 0 aromatic carbocycles. The summed E-state index contributed by atoms with van der Waals surface area (Å²) >= 11 is 5.98. The van der Waals surface area contributed by atoms with E-state index in [4.69, 9.17) is 11.6 Å². The van der Waals surface area contributed by atoms with E-state index in [2.05, 4.69) is 28.8 Å². The molecule has 2 rings (SSSR count). The summed E-state index contributed by atoms with van der Waals surface area (Å²) in [4.78, 5) is 9.16. The number of halogens is 1. The van der Waals surface area contributed by atoms with Gasteiger partial charge in [-0.1, -0.05) is 11.6 Å². The zero-order valence-corrected chi connectivity index (χ0v) is 10.9. The summed E-state index contributed by atoms with van der Waals surface area (Å²) in [5.41, 5.74) is 0. The maximum atomic E-state index is 5.98. The van der Waals surface area contributed by atoms with Crippen LogP contribution < -0.4 is 0 Å². The van der Waals surface area contributed by atoms with E-state index < -0.39 is 0 Å². The Morgan fingerprint density at radius 3 is 2.75 bits per heavy atom. The monoisotopic (exact) mass is 242 g/mol. The number of piperazine rings is 1. The van der Waals surface area contributed by atoms with Crippen LogP contribution in [-0.2, 0) is 13.6 Å². The Labute approximate surface area is 102 Å². The molecule has 2 heterocycles. The van der Waals surface area contributed by atoms with E-state index in [1.54, 1.807) is 6.20 Å². The summed E-state index contributed by atoms with van der Waals surface area (Å²) in [7, 11) is 4.14. The number of hydrogen-bond donors (Lipinski definition) is 0. The van der Waals surface area contributed by atoms with E-state index >= 15 is 0 Å². The maximum absolute atomic E-state index is 5.98. The number of likely N-dealkylation sites (N-methyl/N-ethyl adjacent to an activating group) is 1. The Bertz CT molecular complexity index is 363. The van der Waals surface area contributed by atoms with Crippen molar-refractivity contribution in [2.45, 2.75) is 19.5 Å². The highest BCUT2D eigenvalue weighted by atomic mass is 35.5. The third-order valence-electron chi connectivity index (χ3n) is 3.34. The number of imidazole rings is 1. The van der Waals surface area contributed by atoms with Crippen molar-refractivity contribution in [1.29, 1.82) is 0 Å². The standard InChI is InChI=1S/C11H19ClN4/c1-9-7-14(2)4-5-16(9)8-11-13-6-10(12)15(11)3/h6,9H,4-5,7-8H2,1-3H3/t9-/m1/s1. The van der Waals surface area contributed by atoms with Gasteiger partial charge in [-0.25, -0.2) is 4.98 Å². The van der Waals surface area contributed by atoms with E-state index in [0.29, 0.717) is 11.2 Å². The molecule has 90 valence electrons. The molecule has 0 saturated carbocycles. The summed E-state index contributed by atoms with van der Waals surface area (Å²) in [5.74, 6) is 1.04. The van der Waals surface area contributed by atoms with Crippen LogP contribution in [0.4, 0.5) is 0 Å². The molecular weight excluding hydrogens is 224 g/mol. The van der Waals surface area contributed by atoms with Gasteiger partial charge in [0.1, 0.15) is 11.0 Å². The third-order valence-corrected chi connectivity index (χ3v) is 3.69. The van der Waals surface area contributed by atoms with Crippen LogP contribution in [0.2, 0.25) is 5.15 Å². The van der Waals surface area contributed by atoms with Gasteiger partial charge in [-0.2, -0.15) is 0 Å². The molecule has 16 heavy (non-hydrogen) atoms. The van der Waals surface area contributed by atoms with Crippen molar-refractivity contribution in [2.24, 2.45) is 7.05 Å². The van der Waals surface area contributed by atoms with Gasteiger partial charge in [0.05, 0.1) is 12.7 Å². The lowest BCUT2D eigenvalue weighted by molar-refractivity contribution is 0.0907. The van der Waals surface area contributed by atoms with Crippen molar-refractivity contribution in [1.82, 2.24) is 19.4 Å². The van der Waals surface area contributed by atoms with E-state index in [1.165, 1.54) is 0 Å². The highest BCUT2D eigenvalue weighted by Crippen LogP contribution is 2.14. The van der Waals surface area contributed by atoms with Crippen molar-refractivity contribution < 1.29 is 0 Å². The molecule has 1 saturated heterocycles. The zero-order chi connectivity index (χ0) is 11.7. The van der Waals surface area contributed by atoms with Gasteiger partial charge in [0.15, 0.2) is 0 Å². The third kappa shape index (κ3) is 2.39. The molecule has 0 N–H and O–H groups in total. The summed E-state index contributed by atoms with van der Waals surface area (Å²) in [5, 5.41) is 0.705. The Balaban J connectivity index is 2.02. The Kier molecular flexibility index (Phi) is 3.52. The predicted molar refractivity (Wildman–Crippen MR) is 65.6 cm³/mol. The fourth-order valence-electron chi connectivity index (χ4n) is 2.17. The quantitative estimate of drug-likeness (QED) is 0.779. The summed E-state index contributed by atoms with van der Waals surface area (Å²) in [6, 6.07) is 0.578. The van der Waals surface area contributed by atoms with Crippen LogP contribution in [0, 0.1) is 0 Å². The van der Waals surface area contributed by atoms with Gasteiger partial charge in [-0.05, 0) is 14.0 Å². The molecule has 0 amide bonds. The van der Waals surface area contributed by atoms with Gasteiger partial charge in [0.2, 0.25) is 0 Å². The molecule has 0 spiro atoms. The van der Waals surface area contributed by atoms with Crippen LogP contribution >= 0.6 is 11.6 Å².